The van der Waals surface area contributed by atoms with Gasteiger partial charge in [0.2, 0.25) is 0 Å². The first kappa shape index (κ1) is 15.6. The zero-order chi connectivity index (χ0) is 16.4. The van der Waals surface area contributed by atoms with Gasteiger partial charge in [-0.15, -0.1) is 11.3 Å². The predicted octanol–water partition coefficient (Wildman–Crippen LogP) is 4.16. The van der Waals surface area contributed by atoms with E-state index in [0.717, 1.165) is 29.3 Å². The van der Waals surface area contributed by atoms with Gasteiger partial charge in [0.05, 0.1) is 6.54 Å². The van der Waals surface area contributed by atoms with Crippen molar-refractivity contribution in [3.05, 3.63) is 57.5 Å². The maximum atomic E-state index is 4.76. The minimum Gasteiger partial charge on any atom is -0.354 e. The lowest BCUT2D eigenvalue weighted by molar-refractivity contribution is 0.888. The van der Waals surface area contributed by atoms with Gasteiger partial charge in [0, 0.05) is 34.3 Å². The highest BCUT2D eigenvalue weighted by Crippen LogP contribution is 2.25. The third-order valence-electron chi connectivity index (χ3n) is 3.81. The van der Waals surface area contributed by atoms with Crippen molar-refractivity contribution >= 4 is 17.2 Å². The number of hydrogen-bond acceptors (Lipinski definition) is 5. The predicted molar refractivity (Wildman–Crippen MR) is 95.9 cm³/mol. The summed E-state index contributed by atoms with van der Waals surface area (Å²) in [6.45, 7) is 7.07. The second kappa shape index (κ2) is 6.46. The van der Waals surface area contributed by atoms with Crippen LogP contribution in [0.1, 0.15) is 21.0 Å². The Morgan fingerprint density at radius 2 is 1.87 bits per heavy atom. The van der Waals surface area contributed by atoms with Crippen LogP contribution in [0.25, 0.3) is 11.5 Å². The first-order valence-electron chi connectivity index (χ1n) is 7.57. The molecule has 3 aromatic heterocycles. The summed E-state index contributed by atoms with van der Waals surface area (Å²) in [5.41, 5.74) is 2.91. The number of thiophene rings is 1. The van der Waals surface area contributed by atoms with Gasteiger partial charge in [-0.05, 0) is 45.0 Å². The molecular weight excluding hydrogens is 304 g/mol. The van der Waals surface area contributed by atoms with E-state index in [2.05, 4.69) is 47.9 Å². The standard InChI is InChI=1S/C18H20N4S/c1-12-8-9-15(23-12)11-22(4)18-13(2)14(3)20-17(21-18)16-7-5-6-10-19-16/h5-10H,11H2,1-4H3. The molecule has 0 fully saturated rings. The molecule has 0 aliphatic rings. The molecule has 0 saturated carbocycles. The van der Waals surface area contributed by atoms with Gasteiger partial charge in [0.25, 0.3) is 0 Å². The molecule has 0 aromatic carbocycles. The first-order chi connectivity index (χ1) is 11.0. The molecular formula is C18H20N4S. The molecule has 3 aromatic rings. The van der Waals surface area contributed by atoms with Crippen LogP contribution >= 0.6 is 11.3 Å². The van der Waals surface area contributed by atoms with Crippen molar-refractivity contribution in [1.82, 2.24) is 15.0 Å². The fourth-order valence-corrected chi connectivity index (χ4v) is 3.42. The average molecular weight is 324 g/mol. The number of hydrogen-bond donors (Lipinski definition) is 0. The molecule has 5 heteroatoms. The number of nitrogens with zero attached hydrogens (tertiary/aromatic N) is 4. The largest absolute Gasteiger partial charge is 0.354 e. The summed E-state index contributed by atoms with van der Waals surface area (Å²) in [4.78, 5) is 18.6. The molecule has 4 nitrogen and oxygen atoms in total. The van der Waals surface area contributed by atoms with Gasteiger partial charge in [-0.3, -0.25) is 4.98 Å². The molecule has 0 N–H and O–H groups in total. The van der Waals surface area contributed by atoms with Crippen LogP contribution in [0.15, 0.2) is 36.5 Å². The molecule has 0 unspecified atom stereocenters. The topological polar surface area (TPSA) is 41.9 Å². The molecule has 0 bridgehead atoms. The van der Waals surface area contributed by atoms with Gasteiger partial charge in [-0.25, -0.2) is 9.97 Å². The van der Waals surface area contributed by atoms with Crippen molar-refractivity contribution in [2.75, 3.05) is 11.9 Å². The molecule has 3 heterocycles. The molecule has 23 heavy (non-hydrogen) atoms. The van der Waals surface area contributed by atoms with E-state index in [1.807, 2.05) is 36.5 Å². The van der Waals surface area contributed by atoms with Gasteiger partial charge in [-0.2, -0.15) is 0 Å². The van der Waals surface area contributed by atoms with Crippen LogP contribution < -0.4 is 4.90 Å². The Kier molecular flexibility index (Phi) is 4.39. The lowest BCUT2D eigenvalue weighted by atomic mass is 10.2. The van der Waals surface area contributed by atoms with Crippen molar-refractivity contribution in [3.8, 4) is 11.5 Å². The van der Waals surface area contributed by atoms with Gasteiger partial charge < -0.3 is 4.90 Å². The fraction of sp³-hybridized carbons (Fsp3) is 0.278. The SMILES string of the molecule is Cc1ccc(CN(C)c2nc(-c3ccccn3)nc(C)c2C)s1. The zero-order valence-electron chi connectivity index (χ0n) is 13.9. The monoisotopic (exact) mass is 324 g/mol. The quantitative estimate of drug-likeness (QED) is 0.722. The fourth-order valence-electron chi connectivity index (χ4n) is 2.47. The summed E-state index contributed by atoms with van der Waals surface area (Å²) in [5.74, 6) is 1.64. The van der Waals surface area contributed by atoms with Gasteiger partial charge >= 0.3 is 0 Å². The van der Waals surface area contributed by atoms with E-state index in [-0.39, 0.29) is 0 Å². The molecule has 0 saturated heterocycles. The van der Waals surface area contributed by atoms with Crippen molar-refractivity contribution in [2.24, 2.45) is 0 Å². The van der Waals surface area contributed by atoms with E-state index in [1.54, 1.807) is 6.20 Å². The number of aromatic nitrogens is 3. The minimum atomic E-state index is 0.679. The molecule has 0 radical (unpaired) electrons. The minimum absolute atomic E-state index is 0.679. The highest BCUT2D eigenvalue weighted by molar-refractivity contribution is 7.11. The number of rotatable bonds is 4. The lowest BCUT2D eigenvalue weighted by Gasteiger charge is -2.21. The van der Waals surface area contributed by atoms with Crippen LogP contribution in [0.5, 0.6) is 0 Å². The van der Waals surface area contributed by atoms with Gasteiger partial charge in [-0.1, -0.05) is 6.07 Å². The van der Waals surface area contributed by atoms with Crippen LogP contribution in [0.3, 0.4) is 0 Å². The summed E-state index contributed by atoms with van der Waals surface area (Å²) < 4.78 is 0. The summed E-state index contributed by atoms with van der Waals surface area (Å²) in [6, 6.07) is 10.1. The first-order valence-corrected chi connectivity index (χ1v) is 8.39. The Bertz CT molecular complexity index is 811. The highest BCUT2D eigenvalue weighted by Gasteiger charge is 2.14. The summed E-state index contributed by atoms with van der Waals surface area (Å²) in [6.07, 6.45) is 1.77. The van der Waals surface area contributed by atoms with E-state index in [9.17, 15) is 0 Å². The van der Waals surface area contributed by atoms with Crippen LogP contribution in [-0.4, -0.2) is 22.0 Å². The zero-order valence-corrected chi connectivity index (χ0v) is 14.7. The Morgan fingerprint density at radius 1 is 1.04 bits per heavy atom. The Morgan fingerprint density at radius 3 is 2.52 bits per heavy atom. The van der Waals surface area contributed by atoms with E-state index >= 15 is 0 Å². The maximum Gasteiger partial charge on any atom is 0.180 e. The molecule has 0 amide bonds. The Balaban J connectivity index is 1.96. The average Bonchev–Trinajstić information content (AvgIpc) is 2.95. The van der Waals surface area contributed by atoms with Crippen molar-refractivity contribution in [1.29, 1.82) is 0 Å². The molecule has 0 aliphatic carbocycles. The number of pyridine rings is 1. The molecule has 3 rings (SSSR count). The van der Waals surface area contributed by atoms with Crippen LogP contribution in [0.2, 0.25) is 0 Å². The summed E-state index contributed by atoms with van der Waals surface area (Å²) >= 11 is 1.82. The molecule has 118 valence electrons. The molecule has 0 spiro atoms. The summed E-state index contributed by atoms with van der Waals surface area (Å²) in [5, 5.41) is 0. The number of aryl methyl sites for hydroxylation is 2. The third kappa shape index (κ3) is 3.40. The van der Waals surface area contributed by atoms with Crippen LogP contribution in [0, 0.1) is 20.8 Å². The smallest absolute Gasteiger partial charge is 0.180 e. The van der Waals surface area contributed by atoms with E-state index in [1.165, 1.54) is 9.75 Å². The second-order valence-corrected chi connectivity index (χ2v) is 7.04. The van der Waals surface area contributed by atoms with E-state index in [0.29, 0.717) is 5.82 Å². The summed E-state index contributed by atoms with van der Waals surface area (Å²) in [7, 11) is 2.08. The van der Waals surface area contributed by atoms with Crippen molar-refractivity contribution < 1.29 is 0 Å². The second-order valence-electron chi connectivity index (χ2n) is 5.66. The molecule has 0 atom stereocenters. The Labute approximate surface area is 140 Å². The van der Waals surface area contributed by atoms with Crippen LogP contribution in [-0.2, 0) is 6.54 Å². The molecule has 0 aliphatic heterocycles. The van der Waals surface area contributed by atoms with E-state index < -0.39 is 0 Å². The third-order valence-corrected chi connectivity index (χ3v) is 4.79. The highest BCUT2D eigenvalue weighted by atomic mass is 32.1. The van der Waals surface area contributed by atoms with E-state index in [4.69, 9.17) is 4.98 Å². The van der Waals surface area contributed by atoms with Gasteiger partial charge in [0.1, 0.15) is 11.5 Å². The maximum absolute atomic E-state index is 4.76. The lowest BCUT2D eigenvalue weighted by Crippen LogP contribution is -2.19. The normalized spacial score (nSPS) is 10.8. The van der Waals surface area contributed by atoms with Crippen molar-refractivity contribution in [3.63, 3.8) is 0 Å². The number of anilines is 1. The van der Waals surface area contributed by atoms with Crippen molar-refractivity contribution in [2.45, 2.75) is 27.3 Å². The Hall–Kier alpha value is -2.27. The van der Waals surface area contributed by atoms with Gasteiger partial charge in [0.15, 0.2) is 5.82 Å². The van der Waals surface area contributed by atoms with Crippen LogP contribution in [0.4, 0.5) is 5.82 Å².